The summed E-state index contributed by atoms with van der Waals surface area (Å²) < 4.78 is 17.5. The van der Waals surface area contributed by atoms with Gasteiger partial charge < -0.3 is 14.2 Å². The van der Waals surface area contributed by atoms with Crippen LogP contribution in [0, 0.1) is 0 Å². The van der Waals surface area contributed by atoms with Crippen LogP contribution in [0.2, 0.25) is 0 Å². The van der Waals surface area contributed by atoms with E-state index in [9.17, 15) is 4.79 Å². The fourth-order valence-electron chi connectivity index (χ4n) is 2.07. The van der Waals surface area contributed by atoms with Gasteiger partial charge in [0.2, 0.25) is 0 Å². The molecule has 0 aliphatic carbocycles. The highest BCUT2D eigenvalue weighted by Crippen LogP contribution is 2.32. The number of benzene rings is 2. The van der Waals surface area contributed by atoms with Gasteiger partial charge in [0, 0.05) is 17.1 Å². The van der Waals surface area contributed by atoms with E-state index in [1.54, 1.807) is 12.1 Å². The molecule has 1 atom stereocenters. The number of hydrogen-bond acceptors (Lipinski definition) is 4. The molecule has 0 saturated heterocycles. The van der Waals surface area contributed by atoms with Crippen LogP contribution < -0.4 is 9.47 Å². The first-order chi connectivity index (χ1) is 11.1. The summed E-state index contributed by atoms with van der Waals surface area (Å²) in [4.78, 5) is 11.3. The number of carbonyl (C=O) groups is 1. The predicted molar refractivity (Wildman–Crippen MR) is 92.0 cm³/mol. The van der Waals surface area contributed by atoms with Crippen LogP contribution in [0.25, 0.3) is 0 Å². The summed E-state index contributed by atoms with van der Waals surface area (Å²) in [5, 5.41) is 0. The van der Waals surface area contributed by atoms with Crippen LogP contribution in [-0.2, 0) is 11.3 Å². The van der Waals surface area contributed by atoms with Gasteiger partial charge in [0.05, 0.1) is 5.56 Å². The second-order valence-electron chi connectivity index (χ2n) is 4.85. The highest BCUT2D eigenvalue weighted by molar-refractivity contribution is 9.10. The second-order valence-corrected chi connectivity index (χ2v) is 5.70. The van der Waals surface area contributed by atoms with Crippen molar-refractivity contribution in [3.05, 3.63) is 58.1 Å². The van der Waals surface area contributed by atoms with Gasteiger partial charge in [-0.2, -0.15) is 0 Å². The van der Waals surface area contributed by atoms with Gasteiger partial charge in [0.25, 0.3) is 0 Å². The van der Waals surface area contributed by atoms with Crippen molar-refractivity contribution in [3.8, 4) is 11.5 Å². The van der Waals surface area contributed by atoms with Crippen molar-refractivity contribution >= 4 is 22.2 Å². The van der Waals surface area contributed by atoms with E-state index in [1.165, 1.54) is 0 Å². The number of hydrogen-bond donors (Lipinski definition) is 0. The topological polar surface area (TPSA) is 44.8 Å². The molecule has 0 aliphatic heterocycles. The first-order valence-electron chi connectivity index (χ1n) is 7.37. The van der Waals surface area contributed by atoms with Crippen molar-refractivity contribution in [2.24, 2.45) is 0 Å². The lowest BCUT2D eigenvalue weighted by Gasteiger charge is -2.17. The largest absolute Gasteiger partial charge is 0.488 e. The number of aldehydes is 1. The Hall–Kier alpha value is -1.85. The van der Waals surface area contributed by atoms with Crippen molar-refractivity contribution in [1.29, 1.82) is 0 Å². The van der Waals surface area contributed by atoms with Gasteiger partial charge >= 0.3 is 0 Å². The molecule has 2 aromatic carbocycles. The fourth-order valence-corrected chi connectivity index (χ4v) is 2.58. The molecule has 0 aliphatic rings. The number of ether oxygens (including phenoxy) is 3. The second kappa shape index (κ2) is 8.70. The van der Waals surface area contributed by atoms with E-state index in [0.29, 0.717) is 34.7 Å². The average molecular weight is 379 g/mol. The summed E-state index contributed by atoms with van der Waals surface area (Å²) in [5.41, 5.74) is 1.48. The Morgan fingerprint density at radius 1 is 1.22 bits per heavy atom. The smallest absolute Gasteiger partial charge is 0.196 e. The molecule has 0 bridgehead atoms. The number of halogens is 1. The van der Waals surface area contributed by atoms with Gasteiger partial charge in [-0.15, -0.1) is 0 Å². The lowest BCUT2D eigenvalue weighted by molar-refractivity contribution is -0.0614. The molecule has 0 radical (unpaired) electrons. The summed E-state index contributed by atoms with van der Waals surface area (Å²) in [6, 6.07) is 13.2. The van der Waals surface area contributed by atoms with Crippen LogP contribution in [0.3, 0.4) is 0 Å². The molecule has 1 unspecified atom stereocenters. The standard InChI is InChI=1S/C18H19BrO4/c1-3-21-13(2)23-15-9-17(19)16(11-20)18(10-15)22-12-14-7-5-4-6-8-14/h4-11,13H,3,12H2,1-2H3. The highest BCUT2D eigenvalue weighted by Gasteiger charge is 2.13. The molecule has 2 rings (SSSR count). The molecule has 5 heteroatoms. The Morgan fingerprint density at radius 3 is 2.61 bits per heavy atom. The van der Waals surface area contributed by atoms with Gasteiger partial charge in [0.1, 0.15) is 18.1 Å². The lowest BCUT2D eigenvalue weighted by Crippen LogP contribution is -2.16. The predicted octanol–water partition coefficient (Wildman–Crippen LogP) is 4.60. The molecule has 0 N–H and O–H groups in total. The van der Waals surface area contributed by atoms with Gasteiger partial charge in [-0.3, -0.25) is 4.79 Å². The normalized spacial score (nSPS) is 11.8. The minimum atomic E-state index is -0.379. The molecule has 0 aromatic heterocycles. The number of carbonyl (C=O) groups excluding carboxylic acids is 1. The minimum Gasteiger partial charge on any atom is -0.488 e. The molecule has 0 heterocycles. The molecular formula is C18H19BrO4. The lowest BCUT2D eigenvalue weighted by atomic mass is 10.2. The van der Waals surface area contributed by atoms with E-state index in [1.807, 2.05) is 44.2 Å². The maximum Gasteiger partial charge on any atom is 0.196 e. The Bertz CT molecular complexity index is 643. The van der Waals surface area contributed by atoms with E-state index in [0.717, 1.165) is 11.8 Å². The van der Waals surface area contributed by atoms with E-state index < -0.39 is 0 Å². The summed E-state index contributed by atoms with van der Waals surface area (Å²) in [7, 11) is 0. The van der Waals surface area contributed by atoms with E-state index in [4.69, 9.17) is 14.2 Å². The van der Waals surface area contributed by atoms with Crippen LogP contribution in [-0.4, -0.2) is 19.2 Å². The maximum atomic E-state index is 11.3. The van der Waals surface area contributed by atoms with Crippen LogP contribution in [0.5, 0.6) is 11.5 Å². The third-order valence-corrected chi connectivity index (χ3v) is 3.78. The zero-order chi connectivity index (χ0) is 16.7. The summed E-state index contributed by atoms with van der Waals surface area (Å²) in [6.07, 6.45) is 0.385. The molecule has 0 saturated carbocycles. The summed E-state index contributed by atoms with van der Waals surface area (Å²) in [5.74, 6) is 1.04. The van der Waals surface area contributed by atoms with Gasteiger partial charge in [0.15, 0.2) is 12.6 Å². The third-order valence-electron chi connectivity index (χ3n) is 3.12. The Morgan fingerprint density at radius 2 is 1.96 bits per heavy atom. The fraction of sp³-hybridized carbons (Fsp3) is 0.278. The molecule has 4 nitrogen and oxygen atoms in total. The van der Waals surface area contributed by atoms with Gasteiger partial charge in [-0.1, -0.05) is 30.3 Å². The van der Waals surface area contributed by atoms with Crippen molar-refractivity contribution in [3.63, 3.8) is 0 Å². The van der Waals surface area contributed by atoms with Crippen molar-refractivity contribution < 1.29 is 19.0 Å². The maximum absolute atomic E-state index is 11.3. The average Bonchev–Trinajstić information content (AvgIpc) is 2.54. The van der Waals surface area contributed by atoms with Crippen molar-refractivity contribution in [2.75, 3.05) is 6.61 Å². The third kappa shape index (κ3) is 5.08. The molecule has 2 aromatic rings. The van der Waals surface area contributed by atoms with E-state index in [2.05, 4.69) is 15.9 Å². The zero-order valence-electron chi connectivity index (χ0n) is 13.1. The van der Waals surface area contributed by atoms with E-state index in [-0.39, 0.29) is 6.29 Å². The van der Waals surface area contributed by atoms with Crippen LogP contribution in [0.1, 0.15) is 29.8 Å². The molecule has 23 heavy (non-hydrogen) atoms. The van der Waals surface area contributed by atoms with Crippen LogP contribution >= 0.6 is 15.9 Å². The number of rotatable bonds is 8. The molecule has 0 spiro atoms. The van der Waals surface area contributed by atoms with Crippen LogP contribution in [0.15, 0.2) is 46.9 Å². The monoisotopic (exact) mass is 378 g/mol. The Labute approximate surface area is 144 Å². The Kier molecular flexibility index (Phi) is 6.62. The first kappa shape index (κ1) is 17.5. The molecule has 0 amide bonds. The van der Waals surface area contributed by atoms with Gasteiger partial charge in [-0.05, 0) is 41.4 Å². The quantitative estimate of drug-likeness (QED) is 0.497. The highest BCUT2D eigenvalue weighted by atomic mass is 79.9. The molecule has 0 fully saturated rings. The molecule has 122 valence electrons. The van der Waals surface area contributed by atoms with E-state index >= 15 is 0 Å². The summed E-state index contributed by atoms with van der Waals surface area (Å²) >= 11 is 3.38. The van der Waals surface area contributed by atoms with Gasteiger partial charge in [-0.25, -0.2) is 0 Å². The van der Waals surface area contributed by atoms with Crippen LogP contribution in [0.4, 0.5) is 0 Å². The SMILES string of the molecule is CCOC(C)Oc1cc(Br)c(C=O)c(OCc2ccccc2)c1. The zero-order valence-corrected chi connectivity index (χ0v) is 14.7. The molecular weight excluding hydrogens is 360 g/mol. The summed E-state index contributed by atoms with van der Waals surface area (Å²) in [6.45, 7) is 4.65. The first-order valence-corrected chi connectivity index (χ1v) is 8.17. The van der Waals surface area contributed by atoms with Crippen molar-refractivity contribution in [2.45, 2.75) is 26.7 Å². The Balaban J connectivity index is 2.18. The minimum absolute atomic E-state index is 0.374. The van der Waals surface area contributed by atoms with Crippen molar-refractivity contribution in [1.82, 2.24) is 0 Å².